The molecule has 2 aliphatic rings. The molecule has 2 fully saturated rings. The summed E-state index contributed by atoms with van der Waals surface area (Å²) < 4.78 is 6.36. The summed E-state index contributed by atoms with van der Waals surface area (Å²) >= 11 is 3.55. The molecular formula is C24H30BrN3O2. The molecule has 1 atom stereocenters. The summed E-state index contributed by atoms with van der Waals surface area (Å²) in [6, 6.07) is 16.6. The molecule has 6 heteroatoms. The second-order valence-corrected chi connectivity index (χ2v) is 9.13. The van der Waals surface area contributed by atoms with E-state index in [2.05, 4.69) is 67.0 Å². The summed E-state index contributed by atoms with van der Waals surface area (Å²) in [5.41, 5.74) is 2.49. The predicted molar refractivity (Wildman–Crippen MR) is 124 cm³/mol. The molecule has 5 nitrogen and oxygen atoms in total. The van der Waals surface area contributed by atoms with Crippen molar-refractivity contribution >= 4 is 27.5 Å². The molecule has 0 saturated carbocycles. The average Bonchev–Trinajstić information content (AvgIpc) is 2.79. The van der Waals surface area contributed by atoms with Crippen molar-refractivity contribution in [3.63, 3.8) is 0 Å². The van der Waals surface area contributed by atoms with Crippen LogP contribution in [0, 0.1) is 5.92 Å². The average molecular weight is 472 g/mol. The maximum absolute atomic E-state index is 13.2. The van der Waals surface area contributed by atoms with Crippen LogP contribution in [0.1, 0.15) is 18.4 Å². The Morgan fingerprint density at radius 2 is 1.83 bits per heavy atom. The number of hydrogen-bond acceptors (Lipinski definition) is 4. The van der Waals surface area contributed by atoms with Crippen LogP contribution in [0.15, 0.2) is 53.0 Å². The highest BCUT2D eigenvalue weighted by atomic mass is 79.9. The van der Waals surface area contributed by atoms with Gasteiger partial charge in [0.1, 0.15) is 5.75 Å². The largest absolute Gasteiger partial charge is 0.497 e. The zero-order valence-corrected chi connectivity index (χ0v) is 19.2. The molecule has 0 aromatic heterocycles. The zero-order chi connectivity index (χ0) is 20.9. The third-order valence-electron chi connectivity index (χ3n) is 6.18. The zero-order valence-electron chi connectivity index (χ0n) is 17.6. The summed E-state index contributed by atoms with van der Waals surface area (Å²) in [6.07, 6.45) is 2.10. The maximum atomic E-state index is 13.2. The fourth-order valence-corrected chi connectivity index (χ4v) is 4.98. The number of piperazine rings is 1. The molecule has 2 aromatic rings. The Morgan fingerprint density at radius 1 is 1.07 bits per heavy atom. The molecule has 160 valence electrons. The number of benzene rings is 2. The van der Waals surface area contributed by atoms with Gasteiger partial charge in [-0.15, -0.1) is 0 Å². The number of anilines is 1. The van der Waals surface area contributed by atoms with E-state index in [1.165, 1.54) is 11.3 Å². The molecule has 1 amide bonds. The van der Waals surface area contributed by atoms with E-state index in [1.807, 2.05) is 12.1 Å². The number of carbonyl (C=O) groups excluding carboxylic acids is 1. The molecule has 0 bridgehead atoms. The van der Waals surface area contributed by atoms with Crippen LogP contribution in [-0.4, -0.2) is 62.1 Å². The van der Waals surface area contributed by atoms with E-state index in [4.69, 9.17) is 4.74 Å². The van der Waals surface area contributed by atoms with Gasteiger partial charge < -0.3 is 14.5 Å². The number of likely N-dealkylation sites (tertiary alicyclic amines) is 1. The van der Waals surface area contributed by atoms with Gasteiger partial charge in [-0.25, -0.2) is 0 Å². The smallest absolute Gasteiger partial charge is 0.227 e. The number of halogens is 1. The van der Waals surface area contributed by atoms with Crippen LogP contribution in [0.2, 0.25) is 0 Å². The number of piperidine rings is 1. The number of amides is 1. The van der Waals surface area contributed by atoms with Crippen LogP contribution in [0.3, 0.4) is 0 Å². The van der Waals surface area contributed by atoms with E-state index in [-0.39, 0.29) is 5.92 Å². The molecule has 2 aromatic carbocycles. The minimum atomic E-state index is 0.124. The molecule has 2 saturated heterocycles. The molecule has 0 spiro atoms. The summed E-state index contributed by atoms with van der Waals surface area (Å²) in [5.74, 6) is 1.33. The van der Waals surface area contributed by atoms with Gasteiger partial charge >= 0.3 is 0 Å². The highest BCUT2D eigenvalue weighted by Gasteiger charge is 2.31. The van der Waals surface area contributed by atoms with Crippen LogP contribution >= 0.6 is 15.9 Å². The first kappa shape index (κ1) is 21.2. The van der Waals surface area contributed by atoms with Crippen molar-refractivity contribution in [1.29, 1.82) is 0 Å². The number of nitrogens with zero attached hydrogens (tertiary/aromatic N) is 3. The first-order valence-electron chi connectivity index (χ1n) is 10.8. The van der Waals surface area contributed by atoms with Crippen molar-refractivity contribution < 1.29 is 9.53 Å². The minimum absolute atomic E-state index is 0.124. The van der Waals surface area contributed by atoms with Gasteiger partial charge in [0, 0.05) is 49.4 Å². The molecule has 1 unspecified atom stereocenters. The monoisotopic (exact) mass is 471 g/mol. The molecule has 0 aliphatic carbocycles. The number of carbonyl (C=O) groups is 1. The number of hydrogen-bond donors (Lipinski definition) is 0. The Balaban J connectivity index is 1.30. The van der Waals surface area contributed by atoms with Crippen LogP contribution in [-0.2, 0) is 11.3 Å². The minimum Gasteiger partial charge on any atom is -0.497 e. The summed E-state index contributed by atoms with van der Waals surface area (Å²) in [5, 5.41) is 0. The van der Waals surface area contributed by atoms with Gasteiger partial charge in [0.05, 0.1) is 13.0 Å². The topological polar surface area (TPSA) is 36.0 Å². The third-order valence-corrected chi connectivity index (χ3v) is 6.67. The SMILES string of the molecule is COc1ccc(N2CCN(C(=O)C3CCCN(Cc4cccc(Br)c4)C3)CC2)cc1. The molecule has 2 aliphatic heterocycles. The van der Waals surface area contributed by atoms with Gasteiger partial charge in [0.15, 0.2) is 0 Å². The molecule has 4 rings (SSSR count). The lowest BCUT2D eigenvalue weighted by Gasteiger charge is -2.39. The molecule has 30 heavy (non-hydrogen) atoms. The van der Waals surface area contributed by atoms with E-state index in [9.17, 15) is 4.79 Å². The quantitative estimate of drug-likeness (QED) is 0.659. The molecular weight excluding hydrogens is 442 g/mol. The van der Waals surface area contributed by atoms with Gasteiger partial charge in [-0.2, -0.15) is 0 Å². The van der Waals surface area contributed by atoms with Gasteiger partial charge in [-0.3, -0.25) is 9.69 Å². The van der Waals surface area contributed by atoms with Crippen LogP contribution < -0.4 is 9.64 Å². The number of rotatable bonds is 5. The summed E-state index contributed by atoms with van der Waals surface area (Å²) in [4.78, 5) is 20.0. The van der Waals surface area contributed by atoms with E-state index in [0.29, 0.717) is 5.91 Å². The van der Waals surface area contributed by atoms with Gasteiger partial charge in [-0.05, 0) is 61.3 Å². The fourth-order valence-electron chi connectivity index (χ4n) is 4.53. The second-order valence-electron chi connectivity index (χ2n) is 8.21. The molecule has 2 heterocycles. The fraction of sp³-hybridized carbons (Fsp3) is 0.458. The van der Waals surface area contributed by atoms with Crippen molar-refractivity contribution in [2.24, 2.45) is 5.92 Å². The van der Waals surface area contributed by atoms with Crippen molar-refractivity contribution in [3.05, 3.63) is 58.6 Å². The standard InChI is InChI=1S/C24H30BrN3O2/c1-30-23-9-7-22(8-10-23)27-12-14-28(15-13-27)24(29)20-5-3-11-26(18-20)17-19-4-2-6-21(25)16-19/h2,4,6-10,16,20H,3,5,11-15,17-18H2,1H3. The lowest BCUT2D eigenvalue weighted by atomic mass is 9.95. The normalized spacial score (nSPS) is 20.3. The van der Waals surface area contributed by atoms with Crippen molar-refractivity contribution in [2.75, 3.05) is 51.3 Å². The van der Waals surface area contributed by atoms with Crippen LogP contribution in [0.25, 0.3) is 0 Å². The van der Waals surface area contributed by atoms with E-state index in [0.717, 1.165) is 68.9 Å². The Labute approximate surface area is 187 Å². The van der Waals surface area contributed by atoms with Crippen LogP contribution in [0.5, 0.6) is 5.75 Å². The Hall–Kier alpha value is -2.05. The summed E-state index contributed by atoms with van der Waals surface area (Å²) in [6.45, 7) is 6.21. The lowest BCUT2D eigenvalue weighted by Crippen LogP contribution is -2.52. The van der Waals surface area contributed by atoms with Crippen LogP contribution in [0.4, 0.5) is 5.69 Å². The van der Waals surface area contributed by atoms with Crippen molar-refractivity contribution in [1.82, 2.24) is 9.80 Å². The highest BCUT2D eigenvalue weighted by Crippen LogP contribution is 2.24. The second kappa shape index (κ2) is 9.84. The Morgan fingerprint density at radius 3 is 2.53 bits per heavy atom. The molecule has 0 N–H and O–H groups in total. The molecule has 0 radical (unpaired) electrons. The number of ether oxygens (including phenoxy) is 1. The Bertz CT molecular complexity index is 850. The lowest BCUT2D eigenvalue weighted by molar-refractivity contribution is -0.137. The number of methoxy groups -OCH3 is 1. The van der Waals surface area contributed by atoms with E-state index in [1.54, 1.807) is 7.11 Å². The first-order valence-corrected chi connectivity index (χ1v) is 11.6. The van der Waals surface area contributed by atoms with Crippen molar-refractivity contribution in [3.8, 4) is 5.75 Å². The summed E-state index contributed by atoms with van der Waals surface area (Å²) in [7, 11) is 1.69. The van der Waals surface area contributed by atoms with Gasteiger partial charge in [-0.1, -0.05) is 28.1 Å². The highest BCUT2D eigenvalue weighted by molar-refractivity contribution is 9.10. The predicted octanol–water partition coefficient (Wildman–Crippen LogP) is 4.02. The van der Waals surface area contributed by atoms with Gasteiger partial charge in [0.2, 0.25) is 5.91 Å². The van der Waals surface area contributed by atoms with Gasteiger partial charge in [0.25, 0.3) is 0 Å². The van der Waals surface area contributed by atoms with Crippen molar-refractivity contribution in [2.45, 2.75) is 19.4 Å². The third kappa shape index (κ3) is 5.16. The first-order chi connectivity index (χ1) is 14.6. The Kier molecular flexibility index (Phi) is 6.95. The van der Waals surface area contributed by atoms with E-state index >= 15 is 0 Å². The maximum Gasteiger partial charge on any atom is 0.227 e. The van der Waals surface area contributed by atoms with E-state index < -0.39 is 0 Å².